The van der Waals surface area contributed by atoms with E-state index >= 15 is 0 Å². The lowest BCUT2D eigenvalue weighted by atomic mass is 10.0. The highest BCUT2D eigenvalue weighted by atomic mass is 35.5. The van der Waals surface area contributed by atoms with E-state index in [9.17, 15) is 15.0 Å². The number of ether oxygens (including phenoxy) is 1. The molecule has 1 aliphatic rings. The Balaban J connectivity index is 2.26. The smallest absolute Gasteiger partial charge is 0.257 e. The molecule has 0 saturated carbocycles. The van der Waals surface area contributed by atoms with Crippen LogP contribution in [0.1, 0.15) is 16.8 Å². The summed E-state index contributed by atoms with van der Waals surface area (Å²) in [7, 11) is 1.47. The predicted molar refractivity (Wildman–Crippen MR) is 70.5 cm³/mol. The molecule has 1 aromatic carbocycles. The third-order valence-electron chi connectivity index (χ3n) is 3.09. The van der Waals surface area contributed by atoms with E-state index in [2.05, 4.69) is 0 Å². The van der Waals surface area contributed by atoms with Crippen LogP contribution in [0.5, 0.6) is 5.75 Å². The van der Waals surface area contributed by atoms with Gasteiger partial charge in [-0.05, 0) is 18.2 Å². The summed E-state index contributed by atoms with van der Waals surface area (Å²) in [4.78, 5) is 13.8. The van der Waals surface area contributed by atoms with Crippen molar-refractivity contribution in [3.8, 4) is 5.75 Å². The van der Waals surface area contributed by atoms with Crippen molar-refractivity contribution in [2.45, 2.75) is 18.6 Å². The van der Waals surface area contributed by atoms with Crippen molar-refractivity contribution in [2.75, 3.05) is 20.2 Å². The average molecular weight is 286 g/mol. The lowest BCUT2D eigenvalue weighted by molar-refractivity contribution is -0.00396. The topological polar surface area (TPSA) is 70.0 Å². The molecule has 1 aliphatic heterocycles. The van der Waals surface area contributed by atoms with E-state index < -0.39 is 12.2 Å². The van der Waals surface area contributed by atoms with Crippen LogP contribution < -0.4 is 4.74 Å². The minimum absolute atomic E-state index is 0.200. The lowest BCUT2D eigenvalue weighted by Crippen LogP contribution is -2.48. The van der Waals surface area contributed by atoms with E-state index in [0.717, 1.165) is 0 Å². The first kappa shape index (κ1) is 14.1. The Morgan fingerprint density at radius 1 is 1.37 bits per heavy atom. The summed E-state index contributed by atoms with van der Waals surface area (Å²) in [5, 5.41) is 19.7. The highest BCUT2D eigenvalue weighted by molar-refractivity contribution is 6.31. The number of methoxy groups -OCH3 is 1. The van der Waals surface area contributed by atoms with Gasteiger partial charge in [-0.3, -0.25) is 4.79 Å². The monoisotopic (exact) mass is 285 g/mol. The number of aliphatic hydroxyl groups excluding tert-OH is 2. The zero-order chi connectivity index (χ0) is 14.0. The summed E-state index contributed by atoms with van der Waals surface area (Å²) < 4.78 is 5.13. The number of aliphatic hydroxyl groups is 2. The summed E-state index contributed by atoms with van der Waals surface area (Å²) in [6, 6.07) is 4.78. The molecule has 5 nitrogen and oxygen atoms in total. The fraction of sp³-hybridized carbons (Fsp3) is 0.462. The van der Waals surface area contributed by atoms with Crippen molar-refractivity contribution in [1.29, 1.82) is 0 Å². The number of halogens is 1. The van der Waals surface area contributed by atoms with Crippen molar-refractivity contribution >= 4 is 17.5 Å². The lowest BCUT2D eigenvalue weighted by Gasteiger charge is -2.33. The standard InChI is InChI=1S/C13H16ClNO4/c1-19-12-3-2-8(14)4-11(12)13(18)15-6-9(16)5-10(17)7-15/h2-4,9-10,16-17H,5-7H2,1H3/t9-,10-/m1/s1. The molecule has 19 heavy (non-hydrogen) atoms. The molecule has 2 rings (SSSR count). The van der Waals surface area contributed by atoms with E-state index in [4.69, 9.17) is 16.3 Å². The Kier molecular flexibility index (Phi) is 4.29. The van der Waals surface area contributed by atoms with Crippen molar-refractivity contribution in [2.24, 2.45) is 0 Å². The van der Waals surface area contributed by atoms with Crippen LogP contribution in [0.3, 0.4) is 0 Å². The van der Waals surface area contributed by atoms with Crippen LogP contribution in [0.25, 0.3) is 0 Å². The number of benzene rings is 1. The second kappa shape index (κ2) is 5.77. The van der Waals surface area contributed by atoms with Gasteiger partial charge in [0, 0.05) is 24.5 Å². The summed E-state index contributed by atoms with van der Waals surface area (Å²) >= 11 is 5.89. The molecule has 1 amide bonds. The van der Waals surface area contributed by atoms with Gasteiger partial charge >= 0.3 is 0 Å². The van der Waals surface area contributed by atoms with E-state index in [1.807, 2.05) is 0 Å². The number of rotatable bonds is 2. The second-order valence-corrected chi connectivity index (χ2v) is 5.03. The third-order valence-corrected chi connectivity index (χ3v) is 3.32. The molecule has 0 unspecified atom stereocenters. The van der Waals surface area contributed by atoms with Crippen LogP contribution >= 0.6 is 11.6 Å². The Bertz CT molecular complexity index is 470. The summed E-state index contributed by atoms with van der Waals surface area (Å²) in [6.45, 7) is 0.400. The van der Waals surface area contributed by atoms with Crippen LogP contribution in [0.15, 0.2) is 18.2 Å². The number of carbonyl (C=O) groups excluding carboxylic acids is 1. The van der Waals surface area contributed by atoms with Crippen molar-refractivity contribution in [1.82, 2.24) is 4.90 Å². The van der Waals surface area contributed by atoms with E-state index in [0.29, 0.717) is 16.3 Å². The molecule has 1 heterocycles. The molecule has 6 heteroatoms. The first-order valence-corrected chi connectivity index (χ1v) is 6.38. The van der Waals surface area contributed by atoms with Gasteiger partial charge in [0.25, 0.3) is 5.91 Å². The van der Waals surface area contributed by atoms with Gasteiger partial charge in [-0.2, -0.15) is 0 Å². The van der Waals surface area contributed by atoms with Gasteiger partial charge in [-0.15, -0.1) is 0 Å². The Morgan fingerprint density at radius 2 is 2.00 bits per heavy atom. The van der Waals surface area contributed by atoms with Crippen molar-refractivity contribution < 1.29 is 19.7 Å². The Morgan fingerprint density at radius 3 is 2.58 bits per heavy atom. The SMILES string of the molecule is COc1ccc(Cl)cc1C(=O)N1C[C@H](O)C[C@@H](O)C1. The summed E-state index contributed by atoms with van der Waals surface area (Å²) in [5.41, 5.74) is 0.330. The quantitative estimate of drug-likeness (QED) is 0.848. The summed E-state index contributed by atoms with van der Waals surface area (Å²) in [5.74, 6) is 0.112. The van der Waals surface area contributed by atoms with E-state index in [1.54, 1.807) is 12.1 Å². The van der Waals surface area contributed by atoms with Crippen molar-refractivity contribution in [3.05, 3.63) is 28.8 Å². The highest BCUT2D eigenvalue weighted by Gasteiger charge is 2.29. The number of β-amino-alcohol motifs (C(OH)–C–C–N with tert-alkyl or cyclic N) is 2. The molecule has 104 valence electrons. The molecule has 2 N–H and O–H groups in total. The number of hydrogen-bond donors (Lipinski definition) is 2. The van der Waals surface area contributed by atoms with Gasteiger partial charge in [0.1, 0.15) is 5.75 Å². The van der Waals surface area contributed by atoms with Gasteiger partial charge in [-0.25, -0.2) is 0 Å². The van der Waals surface area contributed by atoms with Gasteiger partial charge in [0.2, 0.25) is 0 Å². The minimum atomic E-state index is -0.710. The Labute approximate surface area is 116 Å². The molecule has 0 bridgehead atoms. The number of carbonyl (C=O) groups is 1. The normalized spacial score (nSPS) is 23.3. The van der Waals surface area contributed by atoms with Gasteiger partial charge in [0.15, 0.2) is 0 Å². The number of likely N-dealkylation sites (tertiary alicyclic amines) is 1. The molecule has 0 aliphatic carbocycles. The minimum Gasteiger partial charge on any atom is -0.496 e. The largest absolute Gasteiger partial charge is 0.496 e. The number of nitrogens with zero attached hydrogens (tertiary/aromatic N) is 1. The van der Waals surface area contributed by atoms with Crippen LogP contribution in [0, 0.1) is 0 Å². The summed E-state index contributed by atoms with van der Waals surface area (Å²) in [6.07, 6.45) is -1.13. The molecule has 2 atom stereocenters. The number of amides is 1. The van der Waals surface area contributed by atoms with Crippen molar-refractivity contribution in [3.63, 3.8) is 0 Å². The molecule has 0 aromatic heterocycles. The third kappa shape index (κ3) is 3.18. The van der Waals surface area contributed by atoms with Crippen LogP contribution in [0.4, 0.5) is 0 Å². The molecule has 0 spiro atoms. The molecule has 1 saturated heterocycles. The van der Waals surface area contributed by atoms with Gasteiger partial charge in [-0.1, -0.05) is 11.6 Å². The zero-order valence-corrected chi connectivity index (χ0v) is 11.3. The van der Waals surface area contributed by atoms with Crippen LogP contribution in [0.2, 0.25) is 5.02 Å². The average Bonchev–Trinajstić information content (AvgIpc) is 2.36. The molecule has 1 aromatic rings. The number of hydrogen-bond acceptors (Lipinski definition) is 4. The van der Waals surface area contributed by atoms with Gasteiger partial charge in [0.05, 0.1) is 24.9 Å². The molecule has 1 fully saturated rings. The highest BCUT2D eigenvalue weighted by Crippen LogP contribution is 2.25. The first-order chi connectivity index (χ1) is 9.01. The predicted octanol–water partition coefficient (Wildman–Crippen LogP) is 0.916. The van der Waals surface area contributed by atoms with Gasteiger partial charge < -0.3 is 19.8 Å². The fourth-order valence-corrected chi connectivity index (χ4v) is 2.40. The Hall–Kier alpha value is -1.30. The first-order valence-electron chi connectivity index (χ1n) is 6.00. The van der Waals surface area contributed by atoms with E-state index in [1.165, 1.54) is 18.1 Å². The zero-order valence-electron chi connectivity index (χ0n) is 10.5. The van der Waals surface area contributed by atoms with Crippen LogP contribution in [-0.4, -0.2) is 53.4 Å². The molecule has 0 radical (unpaired) electrons. The maximum atomic E-state index is 12.4. The maximum absolute atomic E-state index is 12.4. The maximum Gasteiger partial charge on any atom is 0.257 e. The number of piperidine rings is 1. The molecular formula is C13H16ClNO4. The van der Waals surface area contributed by atoms with Crippen LogP contribution in [-0.2, 0) is 0 Å². The van der Waals surface area contributed by atoms with E-state index in [-0.39, 0.29) is 25.4 Å². The fourth-order valence-electron chi connectivity index (χ4n) is 2.23. The molecular weight excluding hydrogens is 270 g/mol. The second-order valence-electron chi connectivity index (χ2n) is 4.60.